The van der Waals surface area contributed by atoms with Crippen molar-refractivity contribution in [2.45, 2.75) is 39.5 Å². The van der Waals surface area contributed by atoms with Gasteiger partial charge in [0.05, 0.1) is 0 Å². The predicted octanol–water partition coefficient (Wildman–Crippen LogP) is 7.02. The van der Waals surface area contributed by atoms with Crippen molar-refractivity contribution < 1.29 is 9.53 Å². The van der Waals surface area contributed by atoms with Crippen LogP contribution in [0.15, 0.2) is 91.3 Å². The average molecular weight is 451 g/mol. The molecule has 2 rings (SSSR count). The van der Waals surface area contributed by atoms with E-state index >= 15 is 0 Å². The molecule has 0 spiro atoms. The van der Waals surface area contributed by atoms with Gasteiger partial charge in [-0.15, -0.1) is 13.2 Å². The highest BCUT2D eigenvalue weighted by Crippen LogP contribution is 2.06. The molecular formula is C24H39ClO2Si2. The molecule has 0 fully saturated rings. The molecule has 0 aromatic heterocycles. The van der Waals surface area contributed by atoms with Crippen LogP contribution in [-0.2, 0) is 10.8 Å². The van der Waals surface area contributed by atoms with Crippen molar-refractivity contribution in [3.05, 3.63) is 96.8 Å². The summed E-state index contributed by atoms with van der Waals surface area (Å²) in [5.41, 5.74) is 4.98. The van der Waals surface area contributed by atoms with E-state index in [4.69, 9.17) is 20.6 Å². The zero-order valence-corrected chi connectivity index (χ0v) is 21.5. The van der Waals surface area contributed by atoms with Crippen molar-refractivity contribution >= 4 is 26.8 Å². The third-order valence-corrected chi connectivity index (χ3v) is 6.85. The fourth-order valence-electron chi connectivity index (χ4n) is 1.59. The zero-order valence-electron chi connectivity index (χ0n) is 18.8. The topological polar surface area (TPSA) is 29.5 Å². The Morgan fingerprint density at radius 1 is 0.862 bits per heavy atom. The molecule has 0 atom stereocenters. The quantitative estimate of drug-likeness (QED) is 0.378. The second-order valence-corrected chi connectivity index (χ2v) is 17.5. The maximum Gasteiger partial charge on any atom is 0.210 e. The van der Waals surface area contributed by atoms with Gasteiger partial charge in [0.25, 0.3) is 0 Å². The van der Waals surface area contributed by atoms with E-state index in [0.717, 1.165) is 13.0 Å². The summed E-state index contributed by atoms with van der Waals surface area (Å²) in [6, 6.07) is 21.9. The molecule has 0 unspecified atom stereocenters. The minimum atomic E-state index is -1.41. The fraction of sp³-hybridized carbons (Fsp3) is 0.333. The number of hydrogen-bond acceptors (Lipinski definition) is 2. The molecular weight excluding hydrogens is 412 g/mol. The molecule has 2 nitrogen and oxygen atoms in total. The Morgan fingerprint density at radius 3 is 1.48 bits per heavy atom. The van der Waals surface area contributed by atoms with Crippen LogP contribution in [0.2, 0.25) is 26.2 Å². The Kier molecular flexibility index (Phi) is 19.1. The van der Waals surface area contributed by atoms with Crippen LogP contribution in [0.25, 0.3) is 0 Å². The van der Waals surface area contributed by atoms with E-state index in [9.17, 15) is 0 Å². The summed E-state index contributed by atoms with van der Waals surface area (Å²) in [4.78, 5) is 0. The number of halogens is 1. The number of hydrogen-bond donors (Lipinski definition) is 1. The summed E-state index contributed by atoms with van der Waals surface area (Å²) >= 11 is 5.74. The van der Waals surface area contributed by atoms with E-state index in [1.54, 1.807) is 0 Å². The number of aliphatic hydroxyl groups excluding tert-OH is 1. The highest BCUT2D eigenvalue weighted by molar-refractivity contribution is 7.21. The van der Waals surface area contributed by atoms with Crippen molar-refractivity contribution in [3.63, 3.8) is 0 Å². The average Bonchev–Trinajstić information content (AvgIpc) is 2.71. The smallest absolute Gasteiger partial charge is 0.210 e. The monoisotopic (exact) mass is 450 g/mol. The number of rotatable bonds is 6. The molecule has 0 radical (unpaired) electrons. The van der Waals surface area contributed by atoms with Gasteiger partial charge in [-0.1, -0.05) is 91.2 Å². The standard InChI is InChI=1S/C8H10O.C6H14OSi.C6H6.C4H9ClSi/c9-7-6-8-4-2-1-3-5-8;1-5-7-8(3,4)6-2;1-2-4-6-5-3-1;1-4-6(2,3)5/h1-5,9H,6-7H2;6H,2,5H2,1,3-4H3;1-6H;4H,1H2,2-3H3. The van der Waals surface area contributed by atoms with Crippen molar-refractivity contribution in [2.75, 3.05) is 13.2 Å². The second-order valence-electron chi connectivity index (χ2n) is 7.12. The third kappa shape index (κ3) is 24.5. The summed E-state index contributed by atoms with van der Waals surface area (Å²) in [5.74, 6) is 0. The van der Waals surface area contributed by atoms with Gasteiger partial charge in [-0.25, -0.2) is 0 Å². The number of benzene rings is 2. The predicted molar refractivity (Wildman–Crippen MR) is 137 cm³/mol. The molecule has 29 heavy (non-hydrogen) atoms. The minimum Gasteiger partial charge on any atom is -0.414 e. The van der Waals surface area contributed by atoms with Gasteiger partial charge in [0.1, 0.15) is 0 Å². The Labute approximate surface area is 185 Å². The zero-order chi connectivity index (χ0) is 22.6. The van der Waals surface area contributed by atoms with E-state index in [1.165, 1.54) is 5.56 Å². The first-order valence-corrected chi connectivity index (χ1v) is 16.9. The molecule has 1 N–H and O–H groups in total. The molecule has 2 aromatic carbocycles. The second kappa shape index (κ2) is 18.6. The normalized spacial score (nSPS) is 10.0. The van der Waals surface area contributed by atoms with Crippen LogP contribution < -0.4 is 0 Å². The van der Waals surface area contributed by atoms with Crippen LogP contribution in [0.5, 0.6) is 0 Å². The van der Waals surface area contributed by atoms with Crippen LogP contribution >= 0.6 is 11.1 Å². The maximum atomic E-state index is 8.52. The van der Waals surface area contributed by atoms with Gasteiger partial charge < -0.3 is 9.53 Å². The molecule has 162 valence electrons. The Bertz CT molecular complexity index is 585. The van der Waals surface area contributed by atoms with Crippen LogP contribution in [0.3, 0.4) is 0 Å². The third-order valence-electron chi connectivity index (χ3n) is 3.40. The van der Waals surface area contributed by atoms with Gasteiger partial charge in [0, 0.05) is 13.2 Å². The molecule has 0 saturated carbocycles. The molecule has 0 aliphatic heterocycles. The van der Waals surface area contributed by atoms with Gasteiger partial charge in [0.2, 0.25) is 8.32 Å². The minimum absolute atomic E-state index is 0.240. The highest BCUT2D eigenvalue weighted by Gasteiger charge is 2.14. The lowest BCUT2D eigenvalue weighted by Gasteiger charge is -2.15. The molecule has 0 amide bonds. The Hall–Kier alpha value is -1.44. The largest absolute Gasteiger partial charge is 0.414 e. The number of aliphatic hydroxyl groups is 1. The van der Waals surface area contributed by atoms with Crippen molar-refractivity contribution in [1.29, 1.82) is 0 Å². The Morgan fingerprint density at radius 2 is 1.24 bits per heavy atom. The highest BCUT2D eigenvalue weighted by atomic mass is 35.6. The van der Waals surface area contributed by atoms with Crippen LogP contribution in [0, 0.1) is 0 Å². The molecule has 0 saturated heterocycles. The van der Waals surface area contributed by atoms with Gasteiger partial charge >= 0.3 is 0 Å². The molecule has 5 heteroatoms. The van der Waals surface area contributed by atoms with Crippen LogP contribution in [0.4, 0.5) is 0 Å². The first kappa shape index (κ1) is 29.8. The van der Waals surface area contributed by atoms with Gasteiger partial charge in [-0.05, 0) is 32.0 Å². The SMILES string of the molecule is C=C[Si](C)(C)Cl.C=C[Si](C)(C)OCC.OCCc1ccccc1.c1ccccc1. The summed E-state index contributed by atoms with van der Waals surface area (Å²) in [6.07, 6.45) is 0.765. The van der Waals surface area contributed by atoms with Crippen LogP contribution in [0.1, 0.15) is 12.5 Å². The van der Waals surface area contributed by atoms with E-state index in [1.807, 2.05) is 98.1 Å². The van der Waals surface area contributed by atoms with Gasteiger partial charge in [0.15, 0.2) is 7.38 Å². The molecule has 0 aliphatic rings. The molecule has 2 aromatic rings. The van der Waals surface area contributed by atoms with Crippen molar-refractivity contribution in [2.24, 2.45) is 0 Å². The summed E-state index contributed by atoms with van der Waals surface area (Å²) in [5, 5.41) is 8.52. The fourth-order valence-corrected chi connectivity index (χ4v) is 2.45. The van der Waals surface area contributed by atoms with E-state index < -0.39 is 15.7 Å². The lowest BCUT2D eigenvalue weighted by Crippen LogP contribution is -2.27. The van der Waals surface area contributed by atoms with Gasteiger partial charge in [-0.2, -0.15) is 11.1 Å². The Balaban J connectivity index is 0. The molecule has 0 bridgehead atoms. The van der Waals surface area contributed by atoms with E-state index in [0.29, 0.717) is 0 Å². The van der Waals surface area contributed by atoms with Crippen molar-refractivity contribution in [1.82, 2.24) is 0 Å². The summed E-state index contributed by atoms with van der Waals surface area (Å²) in [7, 11) is -2.81. The maximum absolute atomic E-state index is 8.52. The lowest BCUT2D eigenvalue weighted by atomic mass is 10.2. The van der Waals surface area contributed by atoms with Gasteiger partial charge in [-0.3, -0.25) is 0 Å². The lowest BCUT2D eigenvalue weighted by molar-refractivity contribution is 0.299. The molecule has 0 heterocycles. The van der Waals surface area contributed by atoms with Crippen molar-refractivity contribution in [3.8, 4) is 0 Å². The summed E-state index contributed by atoms with van der Waals surface area (Å²) in [6.45, 7) is 18.6. The first-order valence-electron chi connectivity index (χ1n) is 9.86. The van der Waals surface area contributed by atoms with E-state index in [2.05, 4.69) is 26.3 Å². The van der Waals surface area contributed by atoms with Crippen LogP contribution in [-0.4, -0.2) is 34.0 Å². The molecule has 0 aliphatic carbocycles. The van der Waals surface area contributed by atoms with E-state index in [-0.39, 0.29) is 6.61 Å². The first-order chi connectivity index (χ1) is 13.6. The summed E-state index contributed by atoms with van der Waals surface area (Å²) < 4.78 is 5.40.